The lowest BCUT2D eigenvalue weighted by molar-refractivity contribution is 0.0943. The molecule has 3 N–H and O–H groups in total. The number of aromatic nitrogens is 3. The van der Waals surface area contributed by atoms with Gasteiger partial charge in [0.05, 0.1) is 19.1 Å². The molecule has 1 aromatic carbocycles. The molecular weight excluding hydrogens is 357 g/mol. The van der Waals surface area contributed by atoms with E-state index >= 15 is 0 Å². The number of hydrogen-bond acceptors (Lipinski definition) is 5. The number of aromatic amines is 1. The second kappa shape index (κ2) is 8.34. The van der Waals surface area contributed by atoms with E-state index in [1.54, 1.807) is 23.6 Å². The highest BCUT2D eigenvalue weighted by atomic mass is 32.1. The first kappa shape index (κ1) is 17.7. The van der Waals surface area contributed by atoms with Crippen molar-refractivity contribution in [1.29, 1.82) is 0 Å². The number of nitrogens with one attached hydrogen (secondary N) is 3. The number of rotatable bonds is 7. The number of amides is 2. The summed E-state index contributed by atoms with van der Waals surface area (Å²) in [7, 11) is 0. The summed E-state index contributed by atoms with van der Waals surface area (Å²) in [5.74, 6) is -0.914. The standard InChI is InChI=1S/C17H16FN5O2S/c18-12-4-2-1-3-11(12)5-6-20-17(25)14-9-26-15(23-14)8-21-16(24)13-7-19-10-22-13/h1-4,7,9-10H,5-6,8H2,(H,19,22)(H,20,25)(H,21,24). The highest BCUT2D eigenvalue weighted by molar-refractivity contribution is 7.09. The Balaban J connectivity index is 1.47. The van der Waals surface area contributed by atoms with E-state index in [2.05, 4.69) is 25.6 Å². The quantitative estimate of drug-likeness (QED) is 0.589. The second-order valence-electron chi connectivity index (χ2n) is 5.37. The Morgan fingerprint density at radius 2 is 2.04 bits per heavy atom. The number of hydrogen-bond donors (Lipinski definition) is 3. The molecule has 2 aromatic heterocycles. The van der Waals surface area contributed by atoms with Crippen molar-refractivity contribution < 1.29 is 14.0 Å². The maximum Gasteiger partial charge on any atom is 0.270 e. The number of H-pyrrole nitrogens is 1. The van der Waals surface area contributed by atoms with Crippen LogP contribution in [0.3, 0.4) is 0 Å². The first-order valence-electron chi connectivity index (χ1n) is 7.86. The summed E-state index contributed by atoms with van der Waals surface area (Å²) < 4.78 is 13.5. The Morgan fingerprint density at radius 1 is 1.19 bits per heavy atom. The summed E-state index contributed by atoms with van der Waals surface area (Å²) >= 11 is 1.28. The highest BCUT2D eigenvalue weighted by Crippen LogP contribution is 2.10. The Morgan fingerprint density at radius 3 is 2.81 bits per heavy atom. The number of imidazole rings is 1. The SMILES string of the molecule is O=C(NCCc1ccccc1F)c1csc(CNC(=O)c2cnc[nH]2)n1. The molecule has 0 spiro atoms. The first-order chi connectivity index (χ1) is 12.6. The third-order valence-corrected chi connectivity index (χ3v) is 4.41. The molecule has 3 rings (SSSR count). The van der Waals surface area contributed by atoms with Gasteiger partial charge >= 0.3 is 0 Å². The van der Waals surface area contributed by atoms with Gasteiger partial charge in [0.15, 0.2) is 0 Å². The maximum absolute atomic E-state index is 13.5. The van der Waals surface area contributed by atoms with Crippen molar-refractivity contribution in [1.82, 2.24) is 25.6 Å². The number of carbonyl (C=O) groups is 2. The normalized spacial score (nSPS) is 10.5. The number of benzene rings is 1. The molecule has 0 aliphatic carbocycles. The summed E-state index contributed by atoms with van der Waals surface area (Å²) in [5, 5.41) is 7.63. The van der Waals surface area contributed by atoms with Gasteiger partial charge in [-0.1, -0.05) is 18.2 Å². The zero-order valence-corrected chi connectivity index (χ0v) is 14.5. The number of halogens is 1. The molecule has 2 heterocycles. The number of nitrogens with zero attached hydrogens (tertiary/aromatic N) is 2. The lowest BCUT2D eigenvalue weighted by atomic mass is 10.1. The zero-order chi connectivity index (χ0) is 18.4. The van der Waals surface area contributed by atoms with Crippen LogP contribution in [0.5, 0.6) is 0 Å². The van der Waals surface area contributed by atoms with Crippen LogP contribution in [0, 0.1) is 5.82 Å². The van der Waals surface area contributed by atoms with Crippen LogP contribution in [0.2, 0.25) is 0 Å². The van der Waals surface area contributed by atoms with Gasteiger partial charge in [-0.15, -0.1) is 11.3 Å². The molecule has 26 heavy (non-hydrogen) atoms. The van der Waals surface area contributed by atoms with Gasteiger partial charge in [-0.2, -0.15) is 0 Å². The van der Waals surface area contributed by atoms with Crippen molar-refractivity contribution in [3.8, 4) is 0 Å². The predicted octanol–water partition coefficient (Wildman–Crippen LogP) is 1.91. The van der Waals surface area contributed by atoms with Gasteiger partial charge in [0.1, 0.15) is 22.2 Å². The molecule has 0 saturated heterocycles. The summed E-state index contributed by atoms with van der Waals surface area (Å²) in [6, 6.07) is 6.45. The smallest absolute Gasteiger partial charge is 0.270 e. The molecule has 0 atom stereocenters. The molecule has 134 valence electrons. The lowest BCUT2D eigenvalue weighted by Crippen LogP contribution is -2.26. The summed E-state index contributed by atoms with van der Waals surface area (Å²) in [4.78, 5) is 34.6. The Bertz CT molecular complexity index is 894. The summed E-state index contributed by atoms with van der Waals surface area (Å²) in [6.45, 7) is 0.522. The van der Waals surface area contributed by atoms with E-state index in [0.717, 1.165) is 0 Å². The van der Waals surface area contributed by atoms with E-state index in [-0.39, 0.29) is 29.9 Å². The summed E-state index contributed by atoms with van der Waals surface area (Å²) in [6.07, 6.45) is 3.24. The average Bonchev–Trinajstić information content (AvgIpc) is 3.33. The van der Waals surface area contributed by atoms with Crippen molar-refractivity contribution in [2.24, 2.45) is 0 Å². The zero-order valence-electron chi connectivity index (χ0n) is 13.7. The Kier molecular flexibility index (Phi) is 5.69. The van der Waals surface area contributed by atoms with Crippen molar-refractivity contribution in [3.63, 3.8) is 0 Å². The van der Waals surface area contributed by atoms with Crippen molar-refractivity contribution >= 4 is 23.2 Å². The van der Waals surface area contributed by atoms with E-state index in [4.69, 9.17) is 0 Å². The van der Waals surface area contributed by atoms with E-state index in [1.807, 2.05) is 0 Å². The molecule has 0 fully saturated rings. The topological polar surface area (TPSA) is 99.8 Å². The van der Waals surface area contributed by atoms with Crippen molar-refractivity contribution in [2.45, 2.75) is 13.0 Å². The van der Waals surface area contributed by atoms with E-state index in [0.29, 0.717) is 29.2 Å². The predicted molar refractivity (Wildman–Crippen MR) is 94.3 cm³/mol. The minimum atomic E-state index is -0.330. The van der Waals surface area contributed by atoms with E-state index in [1.165, 1.54) is 29.9 Å². The van der Waals surface area contributed by atoms with Crippen LogP contribution in [0.25, 0.3) is 0 Å². The van der Waals surface area contributed by atoms with Crippen molar-refractivity contribution in [3.05, 3.63) is 69.9 Å². The number of thiazole rings is 1. The molecular formula is C17H16FN5O2S. The summed E-state index contributed by atoms with van der Waals surface area (Å²) in [5.41, 5.74) is 1.18. The maximum atomic E-state index is 13.5. The van der Waals surface area contributed by atoms with Gasteiger partial charge in [0, 0.05) is 11.9 Å². The van der Waals surface area contributed by atoms with E-state index < -0.39 is 0 Å². The van der Waals surface area contributed by atoms with Crippen LogP contribution in [0.15, 0.2) is 42.2 Å². The van der Waals surface area contributed by atoms with Gasteiger partial charge < -0.3 is 15.6 Å². The van der Waals surface area contributed by atoms with Gasteiger partial charge in [-0.05, 0) is 18.1 Å². The average molecular weight is 373 g/mol. The van der Waals surface area contributed by atoms with Crippen LogP contribution >= 0.6 is 11.3 Å². The molecule has 0 bridgehead atoms. The fraction of sp³-hybridized carbons (Fsp3) is 0.176. The van der Waals surface area contributed by atoms with Gasteiger partial charge in [-0.25, -0.2) is 14.4 Å². The second-order valence-corrected chi connectivity index (χ2v) is 6.31. The minimum absolute atomic E-state index is 0.213. The van der Waals surface area contributed by atoms with Crippen LogP contribution < -0.4 is 10.6 Å². The van der Waals surface area contributed by atoms with Gasteiger partial charge in [0.25, 0.3) is 11.8 Å². The van der Waals surface area contributed by atoms with Crippen molar-refractivity contribution in [2.75, 3.05) is 6.54 Å². The molecule has 9 heteroatoms. The fourth-order valence-electron chi connectivity index (χ4n) is 2.23. The molecule has 0 saturated carbocycles. The largest absolute Gasteiger partial charge is 0.350 e. The van der Waals surface area contributed by atoms with E-state index in [9.17, 15) is 14.0 Å². The fourth-order valence-corrected chi connectivity index (χ4v) is 2.94. The van der Waals surface area contributed by atoms with Crippen LogP contribution in [0.1, 0.15) is 31.5 Å². The molecule has 2 amide bonds. The third-order valence-electron chi connectivity index (χ3n) is 3.57. The monoisotopic (exact) mass is 373 g/mol. The Hall–Kier alpha value is -3.07. The van der Waals surface area contributed by atoms with Crippen LogP contribution in [0.4, 0.5) is 4.39 Å². The minimum Gasteiger partial charge on any atom is -0.350 e. The lowest BCUT2D eigenvalue weighted by Gasteiger charge is -2.04. The highest BCUT2D eigenvalue weighted by Gasteiger charge is 2.12. The Labute approximate surface area is 152 Å². The van der Waals surface area contributed by atoms with Gasteiger partial charge in [-0.3, -0.25) is 9.59 Å². The molecule has 7 nitrogen and oxygen atoms in total. The molecule has 0 radical (unpaired) electrons. The van der Waals surface area contributed by atoms with Crippen LogP contribution in [-0.4, -0.2) is 33.3 Å². The molecule has 0 aliphatic heterocycles. The van der Waals surface area contributed by atoms with Gasteiger partial charge in [0.2, 0.25) is 0 Å². The number of carbonyl (C=O) groups excluding carboxylic acids is 2. The third kappa shape index (κ3) is 4.51. The molecule has 3 aromatic rings. The molecule has 0 unspecified atom stereocenters. The first-order valence-corrected chi connectivity index (χ1v) is 8.74. The van der Waals surface area contributed by atoms with Crippen LogP contribution in [-0.2, 0) is 13.0 Å². The molecule has 0 aliphatic rings.